The molecule has 4 rings (SSSR count). The van der Waals surface area contributed by atoms with Crippen molar-refractivity contribution in [2.45, 2.75) is 6.61 Å². The van der Waals surface area contributed by atoms with Crippen LogP contribution in [-0.4, -0.2) is 16.1 Å². The van der Waals surface area contributed by atoms with Crippen LogP contribution in [-0.2, 0) is 6.61 Å². The van der Waals surface area contributed by atoms with Crippen molar-refractivity contribution in [1.29, 1.82) is 0 Å². The van der Waals surface area contributed by atoms with Crippen LogP contribution >= 0.6 is 0 Å². The summed E-state index contributed by atoms with van der Waals surface area (Å²) < 4.78 is 10.9. The molecule has 2 aromatic heterocycles. The Morgan fingerprint density at radius 1 is 1.12 bits per heavy atom. The highest BCUT2D eigenvalue weighted by molar-refractivity contribution is 6.06. The van der Waals surface area contributed by atoms with Gasteiger partial charge in [0.1, 0.15) is 12.4 Å². The number of carbonyl (C=O) groups excluding carboxylic acids is 1. The summed E-state index contributed by atoms with van der Waals surface area (Å²) in [5.74, 6) is 1.01. The van der Waals surface area contributed by atoms with Gasteiger partial charge in [0.25, 0.3) is 5.91 Å². The number of nitrogens with one attached hydrogen (secondary N) is 2. The van der Waals surface area contributed by atoms with Gasteiger partial charge in [-0.3, -0.25) is 9.89 Å². The second kappa shape index (κ2) is 6.52. The number of ether oxygens (including phenoxy) is 1. The summed E-state index contributed by atoms with van der Waals surface area (Å²) in [7, 11) is 0. The molecule has 124 valence electrons. The van der Waals surface area contributed by atoms with Crippen molar-refractivity contribution < 1.29 is 13.9 Å². The third-order valence-corrected chi connectivity index (χ3v) is 3.76. The molecule has 0 unspecified atom stereocenters. The Kier molecular flexibility index (Phi) is 3.92. The Morgan fingerprint density at radius 3 is 2.80 bits per heavy atom. The fourth-order valence-corrected chi connectivity index (χ4v) is 2.50. The molecule has 0 radical (unpaired) electrons. The van der Waals surface area contributed by atoms with E-state index in [-0.39, 0.29) is 11.7 Å². The maximum Gasteiger partial charge on any atom is 0.292 e. The van der Waals surface area contributed by atoms with Gasteiger partial charge in [0, 0.05) is 5.39 Å². The first-order chi connectivity index (χ1) is 12.3. The van der Waals surface area contributed by atoms with Crippen molar-refractivity contribution in [2.24, 2.45) is 0 Å². The van der Waals surface area contributed by atoms with E-state index in [9.17, 15) is 4.79 Å². The molecule has 25 heavy (non-hydrogen) atoms. The molecule has 0 aliphatic rings. The van der Waals surface area contributed by atoms with Crippen molar-refractivity contribution in [3.63, 3.8) is 0 Å². The van der Waals surface area contributed by atoms with Crippen molar-refractivity contribution in [1.82, 2.24) is 10.2 Å². The molecule has 0 bridgehead atoms. The van der Waals surface area contributed by atoms with E-state index in [1.165, 1.54) is 6.26 Å². The second-order valence-corrected chi connectivity index (χ2v) is 5.49. The third kappa shape index (κ3) is 3.23. The highest BCUT2D eigenvalue weighted by atomic mass is 16.5. The molecule has 0 spiro atoms. The highest BCUT2D eigenvalue weighted by Crippen LogP contribution is 2.26. The summed E-state index contributed by atoms with van der Waals surface area (Å²) in [6, 6.07) is 18.8. The number of hydrogen-bond donors (Lipinski definition) is 2. The van der Waals surface area contributed by atoms with Gasteiger partial charge in [0.2, 0.25) is 0 Å². The number of carbonyl (C=O) groups is 1. The monoisotopic (exact) mass is 333 g/mol. The van der Waals surface area contributed by atoms with Crippen LogP contribution < -0.4 is 10.1 Å². The number of hydrogen-bond acceptors (Lipinski definition) is 4. The molecule has 6 heteroatoms. The van der Waals surface area contributed by atoms with E-state index in [0.29, 0.717) is 18.2 Å². The first-order valence-electron chi connectivity index (χ1n) is 7.79. The number of aromatic amines is 1. The Morgan fingerprint density at radius 2 is 2.00 bits per heavy atom. The number of nitrogens with zero attached hydrogens (tertiary/aromatic N) is 1. The van der Waals surface area contributed by atoms with Crippen LogP contribution in [0.2, 0.25) is 0 Å². The van der Waals surface area contributed by atoms with Crippen LogP contribution in [0.4, 0.5) is 5.82 Å². The first kappa shape index (κ1) is 15.0. The molecule has 4 aromatic rings. The lowest BCUT2D eigenvalue weighted by molar-refractivity contribution is 0.0996. The molecule has 0 saturated heterocycles. The average Bonchev–Trinajstić information content (AvgIpc) is 3.31. The van der Waals surface area contributed by atoms with E-state index < -0.39 is 0 Å². The summed E-state index contributed by atoms with van der Waals surface area (Å²) in [6.07, 6.45) is 1.45. The topological polar surface area (TPSA) is 80.2 Å². The lowest BCUT2D eigenvalue weighted by Crippen LogP contribution is -2.11. The summed E-state index contributed by atoms with van der Waals surface area (Å²) >= 11 is 0. The molecule has 6 nitrogen and oxygen atoms in total. The molecule has 2 heterocycles. The van der Waals surface area contributed by atoms with Crippen LogP contribution in [0.25, 0.3) is 10.9 Å². The van der Waals surface area contributed by atoms with Gasteiger partial charge in [-0.25, -0.2) is 0 Å². The van der Waals surface area contributed by atoms with Crippen LogP contribution in [0.1, 0.15) is 16.1 Å². The van der Waals surface area contributed by atoms with Gasteiger partial charge in [-0.1, -0.05) is 30.3 Å². The fraction of sp³-hybridized carbons (Fsp3) is 0.0526. The minimum atomic E-state index is -0.353. The lowest BCUT2D eigenvalue weighted by atomic mass is 10.2. The van der Waals surface area contributed by atoms with E-state index in [4.69, 9.17) is 9.15 Å². The number of benzene rings is 2. The normalized spacial score (nSPS) is 10.7. The second-order valence-electron chi connectivity index (χ2n) is 5.49. The zero-order valence-corrected chi connectivity index (χ0v) is 13.2. The summed E-state index contributed by atoms with van der Waals surface area (Å²) in [5.41, 5.74) is 1.89. The predicted octanol–water partition coefficient (Wildman–Crippen LogP) is 3.99. The number of amides is 1. The van der Waals surface area contributed by atoms with Gasteiger partial charge in [-0.2, -0.15) is 5.10 Å². The quantitative estimate of drug-likeness (QED) is 0.579. The van der Waals surface area contributed by atoms with Gasteiger partial charge >= 0.3 is 0 Å². The van der Waals surface area contributed by atoms with Gasteiger partial charge in [-0.05, 0) is 35.9 Å². The highest BCUT2D eigenvalue weighted by Gasteiger charge is 2.13. The van der Waals surface area contributed by atoms with Crippen LogP contribution in [0.15, 0.2) is 71.3 Å². The molecular formula is C19H15N3O3. The first-order valence-corrected chi connectivity index (χ1v) is 7.79. The third-order valence-electron chi connectivity index (χ3n) is 3.76. The Bertz CT molecular complexity index is 991. The Labute approximate surface area is 143 Å². The summed E-state index contributed by atoms with van der Waals surface area (Å²) in [5, 5.41) is 10.5. The number of aromatic nitrogens is 2. The van der Waals surface area contributed by atoms with E-state index in [1.54, 1.807) is 12.1 Å². The van der Waals surface area contributed by atoms with E-state index in [0.717, 1.165) is 16.5 Å². The molecule has 0 saturated carbocycles. The molecule has 0 fully saturated rings. The summed E-state index contributed by atoms with van der Waals surface area (Å²) in [4.78, 5) is 12.1. The number of anilines is 1. The van der Waals surface area contributed by atoms with Crippen molar-refractivity contribution >= 4 is 22.6 Å². The minimum Gasteiger partial charge on any atom is -0.489 e. The number of rotatable bonds is 5. The molecule has 0 aliphatic heterocycles. The maximum atomic E-state index is 12.1. The minimum absolute atomic E-state index is 0.229. The maximum absolute atomic E-state index is 12.1. The molecule has 0 atom stereocenters. The molecule has 2 N–H and O–H groups in total. The Balaban J connectivity index is 1.54. The SMILES string of the molecule is O=C(Nc1n[nH]c2ccc(OCc3ccccc3)cc12)c1ccco1. The average molecular weight is 333 g/mol. The van der Waals surface area contributed by atoms with Gasteiger partial charge in [0.15, 0.2) is 11.6 Å². The van der Waals surface area contributed by atoms with Crippen molar-refractivity contribution in [3.05, 3.63) is 78.3 Å². The van der Waals surface area contributed by atoms with Crippen molar-refractivity contribution in [3.8, 4) is 5.75 Å². The smallest absolute Gasteiger partial charge is 0.292 e. The largest absolute Gasteiger partial charge is 0.489 e. The molecule has 0 aliphatic carbocycles. The summed E-state index contributed by atoms with van der Waals surface area (Å²) in [6.45, 7) is 0.471. The fourth-order valence-electron chi connectivity index (χ4n) is 2.50. The van der Waals surface area contributed by atoms with Crippen LogP contribution in [0, 0.1) is 0 Å². The van der Waals surface area contributed by atoms with Crippen LogP contribution in [0.3, 0.4) is 0 Å². The molecular weight excluding hydrogens is 318 g/mol. The van der Waals surface area contributed by atoms with Crippen LogP contribution in [0.5, 0.6) is 5.75 Å². The number of fused-ring (bicyclic) bond motifs is 1. The van der Waals surface area contributed by atoms with E-state index in [1.807, 2.05) is 48.5 Å². The zero-order valence-electron chi connectivity index (χ0n) is 13.2. The van der Waals surface area contributed by atoms with Crippen molar-refractivity contribution in [2.75, 3.05) is 5.32 Å². The predicted molar refractivity (Wildman–Crippen MR) is 93.5 cm³/mol. The number of furan rings is 1. The molecule has 1 amide bonds. The lowest BCUT2D eigenvalue weighted by Gasteiger charge is -2.06. The van der Waals surface area contributed by atoms with Gasteiger partial charge < -0.3 is 14.5 Å². The zero-order chi connectivity index (χ0) is 17.1. The van der Waals surface area contributed by atoms with E-state index in [2.05, 4.69) is 15.5 Å². The van der Waals surface area contributed by atoms with E-state index >= 15 is 0 Å². The Hall–Kier alpha value is -3.54. The molecule has 2 aromatic carbocycles. The van der Waals surface area contributed by atoms with Gasteiger partial charge in [0.05, 0.1) is 11.8 Å². The number of H-pyrrole nitrogens is 1. The standard InChI is InChI=1S/C19H15N3O3/c23-19(17-7-4-10-24-17)20-18-15-11-14(8-9-16(15)21-22-18)25-12-13-5-2-1-3-6-13/h1-11H,12H2,(H2,20,21,22,23). The van der Waals surface area contributed by atoms with Gasteiger partial charge in [-0.15, -0.1) is 0 Å².